The van der Waals surface area contributed by atoms with Crippen LogP contribution < -0.4 is 5.32 Å². The SMILES string of the molecule is O=C(c1cn2cc(Cl)cc(Cl)c2n1)N1CC[C@]2(Cc3ccccc3CN2)[C@H](O)C1. The maximum Gasteiger partial charge on any atom is 0.274 e. The molecule has 0 aliphatic carbocycles. The Balaban J connectivity index is 1.36. The topological polar surface area (TPSA) is 69.9 Å². The Morgan fingerprint density at radius 2 is 2.03 bits per heavy atom. The van der Waals surface area contributed by atoms with Gasteiger partial charge in [-0.05, 0) is 30.0 Å². The molecule has 2 N–H and O–H groups in total. The van der Waals surface area contributed by atoms with Gasteiger partial charge in [0.1, 0.15) is 5.69 Å². The molecule has 1 amide bonds. The number of nitrogens with one attached hydrogen (secondary N) is 1. The largest absolute Gasteiger partial charge is 0.389 e. The van der Waals surface area contributed by atoms with Crippen molar-refractivity contribution in [2.75, 3.05) is 13.1 Å². The van der Waals surface area contributed by atoms with Crippen LogP contribution in [0.25, 0.3) is 5.65 Å². The number of fused-ring (bicyclic) bond motifs is 2. The van der Waals surface area contributed by atoms with Gasteiger partial charge in [-0.25, -0.2) is 4.98 Å². The maximum absolute atomic E-state index is 13.0. The van der Waals surface area contributed by atoms with Crippen molar-refractivity contribution in [3.8, 4) is 0 Å². The second-order valence-corrected chi connectivity index (χ2v) is 8.68. The van der Waals surface area contributed by atoms with Crippen LogP contribution >= 0.6 is 23.2 Å². The van der Waals surface area contributed by atoms with Crippen LogP contribution in [0.3, 0.4) is 0 Å². The number of imidazole rings is 1. The Morgan fingerprint density at radius 3 is 2.83 bits per heavy atom. The molecule has 2 atom stereocenters. The second-order valence-electron chi connectivity index (χ2n) is 7.84. The van der Waals surface area contributed by atoms with Crippen LogP contribution in [-0.2, 0) is 13.0 Å². The molecule has 0 saturated carbocycles. The van der Waals surface area contributed by atoms with Crippen molar-refractivity contribution in [2.45, 2.75) is 31.0 Å². The van der Waals surface area contributed by atoms with Crippen LogP contribution in [0.2, 0.25) is 10.0 Å². The zero-order valence-electron chi connectivity index (χ0n) is 15.6. The van der Waals surface area contributed by atoms with Crippen LogP contribution in [0.5, 0.6) is 0 Å². The lowest BCUT2D eigenvalue weighted by Crippen LogP contribution is -2.65. The first-order valence-corrected chi connectivity index (χ1v) is 10.3. The predicted octanol–water partition coefficient (Wildman–Crippen LogP) is 2.93. The minimum Gasteiger partial charge on any atom is -0.389 e. The minimum absolute atomic E-state index is 0.217. The molecule has 0 unspecified atom stereocenters. The van der Waals surface area contributed by atoms with Crippen molar-refractivity contribution in [3.05, 3.63) is 69.6 Å². The number of pyridine rings is 1. The van der Waals surface area contributed by atoms with E-state index in [2.05, 4.69) is 22.4 Å². The molecule has 0 radical (unpaired) electrons. The van der Waals surface area contributed by atoms with Gasteiger partial charge in [-0.2, -0.15) is 0 Å². The molecule has 0 bridgehead atoms. The van der Waals surface area contributed by atoms with E-state index in [4.69, 9.17) is 23.2 Å². The van der Waals surface area contributed by atoms with Gasteiger partial charge in [-0.15, -0.1) is 0 Å². The number of likely N-dealkylation sites (tertiary alicyclic amines) is 1. The first kappa shape index (κ1) is 18.9. The maximum atomic E-state index is 13.0. The normalized spacial score (nSPS) is 24.1. The number of amides is 1. The molecule has 4 heterocycles. The highest BCUT2D eigenvalue weighted by atomic mass is 35.5. The van der Waals surface area contributed by atoms with E-state index in [1.54, 1.807) is 27.8 Å². The molecule has 8 heteroatoms. The zero-order valence-corrected chi connectivity index (χ0v) is 17.1. The average Bonchev–Trinajstić information content (AvgIpc) is 3.14. The van der Waals surface area contributed by atoms with Gasteiger partial charge in [0, 0.05) is 32.0 Å². The number of nitrogens with zero attached hydrogens (tertiary/aromatic N) is 3. The number of carbonyl (C=O) groups excluding carboxylic acids is 1. The van der Waals surface area contributed by atoms with E-state index in [1.165, 1.54) is 11.1 Å². The highest BCUT2D eigenvalue weighted by molar-refractivity contribution is 6.36. The highest BCUT2D eigenvalue weighted by Crippen LogP contribution is 2.32. The third kappa shape index (κ3) is 3.20. The average molecular weight is 431 g/mol. The Labute approximate surface area is 178 Å². The first-order valence-electron chi connectivity index (χ1n) is 9.58. The summed E-state index contributed by atoms with van der Waals surface area (Å²) in [4.78, 5) is 19.1. The lowest BCUT2D eigenvalue weighted by Gasteiger charge is -2.48. The van der Waals surface area contributed by atoms with Crippen molar-refractivity contribution < 1.29 is 9.90 Å². The number of carbonyl (C=O) groups is 1. The second kappa shape index (κ2) is 6.99. The number of aromatic nitrogens is 2. The Kier molecular flexibility index (Phi) is 4.55. The fourth-order valence-corrected chi connectivity index (χ4v) is 4.97. The van der Waals surface area contributed by atoms with Gasteiger partial charge in [0.25, 0.3) is 5.91 Å². The molecule has 29 heavy (non-hydrogen) atoms. The number of hydrogen-bond donors (Lipinski definition) is 2. The lowest BCUT2D eigenvalue weighted by atomic mass is 9.76. The zero-order chi connectivity index (χ0) is 20.2. The number of aliphatic hydroxyl groups excluding tert-OH is 1. The van der Waals surface area contributed by atoms with Gasteiger partial charge in [0.15, 0.2) is 5.65 Å². The monoisotopic (exact) mass is 430 g/mol. The van der Waals surface area contributed by atoms with Gasteiger partial charge in [-0.3, -0.25) is 4.79 Å². The van der Waals surface area contributed by atoms with Gasteiger partial charge in [0.05, 0.1) is 21.7 Å². The Hall–Kier alpha value is -2.12. The minimum atomic E-state index is -0.663. The lowest BCUT2D eigenvalue weighted by molar-refractivity contribution is -0.0140. The number of benzene rings is 1. The Morgan fingerprint density at radius 1 is 1.24 bits per heavy atom. The smallest absolute Gasteiger partial charge is 0.274 e. The summed E-state index contributed by atoms with van der Waals surface area (Å²) in [6.45, 7) is 1.54. The highest BCUT2D eigenvalue weighted by Gasteiger charge is 2.45. The van der Waals surface area contributed by atoms with E-state index in [1.807, 2.05) is 12.1 Å². The van der Waals surface area contributed by atoms with Crippen LogP contribution in [0.15, 0.2) is 42.7 Å². The fraction of sp³-hybridized carbons (Fsp3) is 0.333. The molecule has 1 spiro atoms. The summed E-state index contributed by atoms with van der Waals surface area (Å²) in [6.07, 6.45) is 4.06. The molecule has 2 aliphatic heterocycles. The molecule has 3 aromatic rings. The number of β-amino-alcohol motifs (C(OH)–C–C–N with tert-alkyl or cyclic N) is 1. The summed E-state index contributed by atoms with van der Waals surface area (Å²) in [6, 6.07) is 9.89. The summed E-state index contributed by atoms with van der Waals surface area (Å²) >= 11 is 12.2. The fourth-order valence-electron chi connectivity index (χ4n) is 4.44. The molecule has 1 fully saturated rings. The summed E-state index contributed by atoms with van der Waals surface area (Å²) in [7, 11) is 0. The van der Waals surface area contributed by atoms with Gasteiger partial charge in [0.2, 0.25) is 0 Å². The number of rotatable bonds is 1. The van der Waals surface area contributed by atoms with Crippen molar-refractivity contribution in [1.82, 2.24) is 19.6 Å². The molecule has 6 nitrogen and oxygen atoms in total. The van der Waals surface area contributed by atoms with Crippen molar-refractivity contribution in [1.29, 1.82) is 0 Å². The number of hydrogen-bond acceptors (Lipinski definition) is 4. The molecule has 5 rings (SSSR count). The molecule has 1 saturated heterocycles. The molecule has 150 valence electrons. The molecule has 2 aromatic heterocycles. The summed E-state index contributed by atoms with van der Waals surface area (Å²) in [5.74, 6) is -0.217. The molecule has 2 aliphatic rings. The van der Waals surface area contributed by atoms with E-state index in [9.17, 15) is 9.90 Å². The van der Waals surface area contributed by atoms with E-state index in [0.717, 1.165) is 13.0 Å². The van der Waals surface area contributed by atoms with Gasteiger partial charge in [-0.1, -0.05) is 47.5 Å². The van der Waals surface area contributed by atoms with Crippen molar-refractivity contribution in [2.24, 2.45) is 0 Å². The van der Waals surface area contributed by atoms with Crippen molar-refractivity contribution in [3.63, 3.8) is 0 Å². The molecular weight excluding hydrogens is 411 g/mol. The first-order chi connectivity index (χ1) is 13.9. The summed E-state index contributed by atoms with van der Waals surface area (Å²) in [5.41, 5.74) is 2.90. The predicted molar refractivity (Wildman–Crippen MR) is 111 cm³/mol. The van der Waals surface area contributed by atoms with Crippen LogP contribution in [0.4, 0.5) is 0 Å². The van der Waals surface area contributed by atoms with Crippen LogP contribution in [0.1, 0.15) is 28.0 Å². The van der Waals surface area contributed by atoms with E-state index in [0.29, 0.717) is 34.4 Å². The standard InChI is InChI=1S/C21H20Cl2N4O2/c22-15-7-16(23)19-25-17(11-27(19)10-15)20(29)26-6-5-21(18(28)12-26)8-13-3-1-2-4-14(13)9-24-21/h1-4,7,10-11,18,24,28H,5-6,8-9,12H2/t18-,21+/m1/s1. The van der Waals surface area contributed by atoms with E-state index >= 15 is 0 Å². The summed E-state index contributed by atoms with van der Waals surface area (Å²) < 4.78 is 1.65. The van der Waals surface area contributed by atoms with E-state index < -0.39 is 11.6 Å². The van der Waals surface area contributed by atoms with E-state index in [-0.39, 0.29) is 12.5 Å². The third-order valence-electron chi connectivity index (χ3n) is 6.09. The number of piperidine rings is 1. The molecular formula is C21H20Cl2N4O2. The van der Waals surface area contributed by atoms with Crippen molar-refractivity contribution >= 4 is 34.8 Å². The van der Waals surface area contributed by atoms with Gasteiger partial charge >= 0.3 is 0 Å². The third-order valence-corrected chi connectivity index (χ3v) is 6.58. The number of aliphatic hydroxyl groups is 1. The Bertz CT molecular complexity index is 1120. The molecule has 1 aromatic carbocycles. The quantitative estimate of drug-likeness (QED) is 0.622. The van der Waals surface area contributed by atoms with Gasteiger partial charge < -0.3 is 19.7 Å². The number of halogens is 2. The summed E-state index contributed by atoms with van der Waals surface area (Å²) in [5, 5.41) is 15.4. The van der Waals surface area contributed by atoms with Crippen LogP contribution in [-0.4, -0.2) is 50.0 Å². The van der Waals surface area contributed by atoms with Crippen LogP contribution in [0, 0.1) is 0 Å².